The monoisotopic (exact) mass is 472 g/mol. The largest absolute Gasteiger partial charge is 0.497 e. The number of ether oxygens (including phenoxy) is 3. The summed E-state index contributed by atoms with van der Waals surface area (Å²) in [6, 6.07) is 15.9. The first kappa shape index (κ1) is 23.1. The van der Waals surface area contributed by atoms with Crippen LogP contribution in [0, 0.1) is 0 Å². The SMILES string of the molecule is COc1ccc(C(=O)N/N=C\c2ccc(OC(=O)c3ccc(Cl)cc3Cl)c(OC)c2)cc1. The van der Waals surface area contributed by atoms with Gasteiger partial charge in [0, 0.05) is 10.6 Å². The molecule has 3 rings (SSSR count). The molecular weight excluding hydrogens is 455 g/mol. The maximum atomic E-state index is 12.4. The minimum Gasteiger partial charge on any atom is -0.497 e. The fourth-order valence-electron chi connectivity index (χ4n) is 2.63. The molecule has 7 nitrogen and oxygen atoms in total. The van der Waals surface area contributed by atoms with Crippen molar-refractivity contribution in [3.63, 3.8) is 0 Å². The smallest absolute Gasteiger partial charge is 0.345 e. The molecule has 0 atom stereocenters. The molecule has 0 heterocycles. The number of nitrogens with zero attached hydrogens (tertiary/aromatic N) is 1. The summed E-state index contributed by atoms with van der Waals surface area (Å²) < 4.78 is 15.8. The van der Waals surface area contributed by atoms with Crippen LogP contribution in [0.25, 0.3) is 0 Å². The number of hydrogen-bond acceptors (Lipinski definition) is 6. The first-order valence-electron chi connectivity index (χ1n) is 9.24. The van der Waals surface area contributed by atoms with Crippen LogP contribution in [-0.2, 0) is 0 Å². The molecular formula is C23H18Cl2N2O5. The van der Waals surface area contributed by atoms with Crippen LogP contribution >= 0.6 is 23.2 Å². The lowest BCUT2D eigenvalue weighted by molar-refractivity contribution is 0.0729. The molecule has 0 radical (unpaired) electrons. The van der Waals surface area contributed by atoms with Gasteiger partial charge in [-0.3, -0.25) is 4.79 Å². The zero-order valence-corrected chi connectivity index (χ0v) is 18.6. The predicted molar refractivity (Wildman–Crippen MR) is 122 cm³/mol. The van der Waals surface area contributed by atoms with E-state index in [1.165, 1.54) is 25.5 Å². The van der Waals surface area contributed by atoms with Crippen molar-refractivity contribution in [3.8, 4) is 17.2 Å². The molecule has 0 aromatic heterocycles. The maximum absolute atomic E-state index is 12.4. The van der Waals surface area contributed by atoms with Crippen LogP contribution in [0.5, 0.6) is 17.2 Å². The van der Waals surface area contributed by atoms with E-state index in [1.807, 2.05) is 0 Å². The van der Waals surface area contributed by atoms with Gasteiger partial charge in [0.25, 0.3) is 5.91 Å². The molecule has 0 aliphatic heterocycles. The Morgan fingerprint density at radius 1 is 0.906 bits per heavy atom. The number of carbonyl (C=O) groups excluding carboxylic acids is 2. The number of methoxy groups -OCH3 is 2. The summed E-state index contributed by atoms with van der Waals surface area (Å²) >= 11 is 11.9. The molecule has 0 fully saturated rings. The fourth-order valence-corrected chi connectivity index (χ4v) is 3.12. The molecule has 0 saturated carbocycles. The molecule has 0 unspecified atom stereocenters. The van der Waals surface area contributed by atoms with Crippen molar-refractivity contribution in [2.75, 3.05) is 14.2 Å². The molecule has 1 amide bonds. The third kappa shape index (κ3) is 5.78. The molecule has 0 aliphatic carbocycles. The molecule has 0 aliphatic rings. The van der Waals surface area contributed by atoms with Gasteiger partial charge in [-0.05, 0) is 66.2 Å². The highest BCUT2D eigenvalue weighted by molar-refractivity contribution is 6.36. The lowest BCUT2D eigenvalue weighted by atomic mass is 10.2. The molecule has 1 N–H and O–H groups in total. The maximum Gasteiger partial charge on any atom is 0.345 e. The van der Waals surface area contributed by atoms with E-state index in [0.29, 0.717) is 27.6 Å². The molecule has 9 heteroatoms. The average Bonchev–Trinajstić information content (AvgIpc) is 2.79. The van der Waals surface area contributed by atoms with Gasteiger partial charge in [-0.2, -0.15) is 5.10 Å². The van der Waals surface area contributed by atoms with Gasteiger partial charge >= 0.3 is 5.97 Å². The average molecular weight is 473 g/mol. The molecule has 0 saturated heterocycles. The molecule has 164 valence electrons. The predicted octanol–water partition coefficient (Wildman–Crippen LogP) is 4.99. The molecule has 32 heavy (non-hydrogen) atoms. The van der Waals surface area contributed by atoms with Gasteiger partial charge in [-0.15, -0.1) is 0 Å². The van der Waals surface area contributed by atoms with E-state index in [0.717, 1.165) is 0 Å². The van der Waals surface area contributed by atoms with Crippen LogP contribution in [0.2, 0.25) is 10.0 Å². The first-order valence-corrected chi connectivity index (χ1v) is 9.99. The number of nitrogens with one attached hydrogen (secondary N) is 1. The van der Waals surface area contributed by atoms with Crippen LogP contribution in [0.1, 0.15) is 26.3 Å². The van der Waals surface area contributed by atoms with Gasteiger partial charge in [-0.25, -0.2) is 10.2 Å². The Kier molecular flexibility index (Phi) is 7.70. The highest BCUT2D eigenvalue weighted by atomic mass is 35.5. The third-order valence-electron chi connectivity index (χ3n) is 4.27. The van der Waals surface area contributed by atoms with Gasteiger partial charge in [-0.1, -0.05) is 23.2 Å². The molecule has 0 bridgehead atoms. The molecule has 3 aromatic carbocycles. The van der Waals surface area contributed by atoms with Gasteiger partial charge < -0.3 is 14.2 Å². The summed E-state index contributed by atoms with van der Waals surface area (Å²) in [6.45, 7) is 0. The normalized spacial score (nSPS) is 10.6. The minimum absolute atomic E-state index is 0.171. The lowest BCUT2D eigenvalue weighted by Crippen LogP contribution is -2.17. The van der Waals surface area contributed by atoms with E-state index in [1.54, 1.807) is 55.6 Å². The van der Waals surface area contributed by atoms with E-state index >= 15 is 0 Å². The Hall–Kier alpha value is -3.55. The Bertz CT molecular complexity index is 1160. The van der Waals surface area contributed by atoms with Crippen LogP contribution in [0.15, 0.2) is 65.8 Å². The number of hydrazone groups is 1. The van der Waals surface area contributed by atoms with E-state index in [9.17, 15) is 9.59 Å². The van der Waals surface area contributed by atoms with E-state index in [2.05, 4.69) is 10.5 Å². The van der Waals surface area contributed by atoms with Crippen LogP contribution < -0.4 is 19.6 Å². The van der Waals surface area contributed by atoms with E-state index in [4.69, 9.17) is 37.4 Å². The summed E-state index contributed by atoms with van der Waals surface area (Å²) in [4.78, 5) is 24.6. The second-order valence-electron chi connectivity index (χ2n) is 6.35. The second kappa shape index (κ2) is 10.7. The number of amides is 1. The van der Waals surface area contributed by atoms with Crippen molar-refractivity contribution in [1.29, 1.82) is 0 Å². The van der Waals surface area contributed by atoms with Crippen LogP contribution in [0.3, 0.4) is 0 Å². The van der Waals surface area contributed by atoms with E-state index < -0.39 is 5.97 Å². The zero-order valence-electron chi connectivity index (χ0n) is 17.1. The Morgan fingerprint density at radius 2 is 1.66 bits per heavy atom. The second-order valence-corrected chi connectivity index (χ2v) is 7.20. The highest BCUT2D eigenvalue weighted by Crippen LogP contribution is 2.30. The van der Waals surface area contributed by atoms with Crippen molar-refractivity contribution in [3.05, 3.63) is 87.4 Å². The summed E-state index contributed by atoms with van der Waals surface area (Å²) in [5.41, 5.74) is 3.66. The van der Waals surface area contributed by atoms with Gasteiger partial charge in [0.05, 0.1) is 31.0 Å². The lowest BCUT2D eigenvalue weighted by Gasteiger charge is -2.10. The topological polar surface area (TPSA) is 86.2 Å². The van der Waals surface area contributed by atoms with E-state index in [-0.39, 0.29) is 22.2 Å². The quantitative estimate of drug-likeness (QED) is 0.226. The summed E-state index contributed by atoms with van der Waals surface area (Å²) in [7, 11) is 2.99. The highest BCUT2D eigenvalue weighted by Gasteiger charge is 2.16. The Morgan fingerprint density at radius 3 is 2.31 bits per heavy atom. The number of hydrogen-bond donors (Lipinski definition) is 1. The number of benzene rings is 3. The minimum atomic E-state index is -0.655. The number of rotatable bonds is 7. The zero-order chi connectivity index (χ0) is 23.1. The van der Waals surface area contributed by atoms with Crippen molar-refractivity contribution in [2.24, 2.45) is 5.10 Å². The van der Waals surface area contributed by atoms with Gasteiger partial charge in [0.2, 0.25) is 0 Å². The van der Waals surface area contributed by atoms with Gasteiger partial charge in [0.15, 0.2) is 11.5 Å². The Balaban J connectivity index is 1.67. The van der Waals surface area contributed by atoms with Crippen molar-refractivity contribution >= 4 is 41.3 Å². The summed E-state index contributed by atoms with van der Waals surface area (Å²) in [5, 5.41) is 4.53. The third-order valence-corrected chi connectivity index (χ3v) is 4.82. The molecule has 3 aromatic rings. The Labute approximate surface area is 194 Å². The van der Waals surface area contributed by atoms with Gasteiger partial charge in [0.1, 0.15) is 5.75 Å². The van der Waals surface area contributed by atoms with Crippen LogP contribution in [0.4, 0.5) is 0 Å². The standard InChI is InChI=1S/C23H18Cl2N2O5/c1-30-17-7-4-15(5-8-17)22(28)27-26-13-14-3-10-20(21(11-14)31-2)32-23(29)18-9-6-16(24)12-19(18)25/h3-13H,1-2H3,(H,27,28)/b26-13-. The first-order chi connectivity index (χ1) is 15.4. The molecule has 0 spiro atoms. The van der Waals surface area contributed by atoms with Crippen molar-refractivity contribution < 1.29 is 23.8 Å². The summed E-state index contributed by atoms with van der Waals surface area (Å²) in [5.74, 6) is 0.118. The number of halogens is 2. The fraction of sp³-hybridized carbons (Fsp3) is 0.0870. The van der Waals surface area contributed by atoms with Crippen molar-refractivity contribution in [1.82, 2.24) is 5.43 Å². The summed E-state index contributed by atoms with van der Waals surface area (Å²) in [6.07, 6.45) is 1.44. The van der Waals surface area contributed by atoms with Crippen molar-refractivity contribution in [2.45, 2.75) is 0 Å². The number of esters is 1. The van der Waals surface area contributed by atoms with Crippen LogP contribution in [-0.4, -0.2) is 32.3 Å². The number of carbonyl (C=O) groups is 2.